The Morgan fingerprint density at radius 2 is 2.60 bits per heavy atom. The molecule has 0 aliphatic carbocycles. The van der Waals surface area contributed by atoms with E-state index in [0.29, 0.717) is 5.92 Å². The second-order valence-corrected chi connectivity index (χ2v) is 3.87. The van der Waals surface area contributed by atoms with E-state index in [4.69, 9.17) is 9.15 Å². The van der Waals surface area contributed by atoms with Gasteiger partial charge in [0.2, 0.25) is 0 Å². The summed E-state index contributed by atoms with van der Waals surface area (Å²) < 4.78 is 9.97. The lowest BCUT2D eigenvalue weighted by molar-refractivity contribution is -0.142. The first-order valence-electron chi connectivity index (χ1n) is 5.13. The molecule has 1 saturated heterocycles. The molecule has 2 rings (SSSR count). The van der Waals surface area contributed by atoms with Crippen molar-refractivity contribution >= 4 is 5.97 Å². The Morgan fingerprint density at radius 3 is 3.27 bits per heavy atom. The maximum absolute atomic E-state index is 11.3. The number of methoxy groups -OCH3 is 1. The molecule has 15 heavy (non-hydrogen) atoms. The van der Waals surface area contributed by atoms with E-state index in [1.54, 1.807) is 6.26 Å². The van der Waals surface area contributed by atoms with Gasteiger partial charge in [-0.25, -0.2) is 0 Å². The van der Waals surface area contributed by atoms with Crippen molar-refractivity contribution < 1.29 is 13.9 Å². The molecule has 4 nitrogen and oxygen atoms in total. The van der Waals surface area contributed by atoms with Crippen LogP contribution in [0.4, 0.5) is 0 Å². The van der Waals surface area contributed by atoms with E-state index >= 15 is 0 Å². The lowest BCUT2D eigenvalue weighted by Gasteiger charge is -2.07. The van der Waals surface area contributed by atoms with Gasteiger partial charge in [-0.15, -0.1) is 0 Å². The number of rotatable bonds is 3. The van der Waals surface area contributed by atoms with Gasteiger partial charge in [0.05, 0.1) is 13.4 Å². The Hall–Kier alpha value is -1.29. The third-order valence-electron chi connectivity index (χ3n) is 2.78. The molecule has 1 aromatic heterocycles. The molecule has 0 aromatic carbocycles. The zero-order valence-electron chi connectivity index (χ0n) is 8.73. The zero-order valence-corrected chi connectivity index (χ0v) is 8.73. The summed E-state index contributed by atoms with van der Waals surface area (Å²) in [6.45, 7) is 0.848. The van der Waals surface area contributed by atoms with Gasteiger partial charge in [-0.2, -0.15) is 0 Å². The minimum Gasteiger partial charge on any atom is -0.469 e. The smallest absolute Gasteiger partial charge is 0.322 e. The molecule has 1 aliphatic rings. The molecule has 1 N–H and O–H groups in total. The number of ether oxygens (including phenoxy) is 1. The first-order chi connectivity index (χ1) is 7.29. The fraction of sp³-hybridized carbons (Fsp3) is 0.545. The van der Waals surface area contributed by atoms with Crippen molar-refractivity contribution in [2.24, 2.45) is 5.92 Å². The van der Waals surface area contributed by atoms with Crippen molar-refractivity contribution in [2.45, 2.75) is 18.9 Å². The highest BCUT2D eigenvalue weighted by Crippen LogP contribution is 2.19. The van der Waals surface area contributed by atoms with E-state index in [2.05, 4.69) is 5.32 Å². The van der Waals surface area contributed by atoms with Crippen molar-refractivity contribution in [3.8, 4) is 0 Å². The number of nitrogens with one attached hydrogen (secondary N) is 1. The molecular weight excluding hydrogens is 194 g/mol. The van der Waals surface area contributed by atoms with E-state index < -0.39 is 0 Å². The Balaban J connectivity index is 1.85. The predicted molar refractivity (Wildman–Crippen MR) is 54.3 cm³/mol. The Labute approximate surface area is 88.6 Å². The number of esters is 1. The van der Waals surface area contributed by atoms with Gasteiger partial charge in [-0.3, -0.25) is 4.79 Å². The molecule has 0 spiro atoms. The highest BCUT2D eigenvalue weighted by atomic mass is 16.5. The van der Waals surface area contributed by atoms with Crippen LogP contribution in [0.5, 0.6) is 0 Å². The van der Waals surface area contributed by atoms with Gasteiger partial charge in [0.1, 0.15) is 11.8 Å². The molecular formula is C11H15NO3. The van der Waals surface area contributed by atoms with Crippen molar-refractivity contribution in [1.82, 2.24) is 5.32 Å². The summed E-state index contributed by atoms with van der Waals surface area (Å²) in [4.78, 5) is 11.3. The van der Waals surface area contributed by atoms with Crippen LogP contribution in [0, 0.1) is 5.92 Å². The largest absolute Gasteiger partial charge is 0.469 e. The number of furan rings is 1. The third kappa shape index (κ3) is 2.39. The van der Waals surface area contributed by atoms with Gasteiger partial charge in [0.25, 0.3) is 0 Å². The number of hydrogen-bond acceptors (Lipinski definition) is 4. The SMILES string of the molecule is COC(=O)C1CC(Cc2ccco2)CN1. The van der Waals surface area contributed by atoms with Crippen LogP contribution in [0.25, 0.3) is 0 Å². The third-order valence-corrected chi connectivity index (χ3v) is 2.78. The maximum atomic E-state index is 11.3. The first kappa shape index (κ1) is 10.2. The van der Waals surface area contributed by atoms with Crippen LogP contribution in [0.2, 0.25) is 0 Å². The van der Waals surface area contributed by atoms with Crippen LogP contribution in [0.15, 0.2) is 22.8 Å². The molecule has 0 amide bonds. The fourth-order valence-electron chi connectivity index (χ4n) is 2.00. The molecule has 0 bridgehead atoms. The molecule has 2 heterocycles. The van der Waals surface area contributed by atoms with Crippen LogP contribution in [-0.2, 0) is 16.0 Å². The number of carbonyl (C=O) groups is 1. The maximum Gasteiger partial charge on any atom is 0.322 e. The summed E-state index contributed by atoms with van der Waals surface area (Å²) in [6, 6.07) is 3.70. The van der Waals surface area contributed by atoms with Crippen LogP contribution < -0.4 is 5.32 Å². The zero-order chi connectivity index (χ0) is 10.7. The molecule has 82 valence electrons. The topological polar surface area (TPSA) is 51.5 Å². The van der Waals surface area contributed by atoms with Gasteiger partial charge in [0.15, 0.2) is 0 Å². The van der Waals surface area contributed by atoms with E-state index in [0.717, 1.165) is 25.1 Å². The Bertz CT molecular complexity index is 321. The Morgan fingerprint density at radius 1 is 1.73 bits per heavy atom. The molecule has 2 atom stereocenters. The van der Waals surface area contributed by atoms with Crippen molar-refractivity contribution in [3.05, 3.63) is 24.2 Å². The molecule has 2 unspecified atom stereocenters. The summed E-state index contributed by atoms with van der Waals surface area (Å²) in [6.07, 6.45) is 3.39. The summed E-state index contributed by atoms with van der Waals surface area (Å²) in [5, 5.41) is 3.15. The summed E-state index contributed by atoms with van der Waals surface area (Å²) in [5.41, 5.74) is 0. The summed E-state index contributed by atoms with van der Waals surface area (Å²) in [7, 11) is 1.42. The molecule has 1 aliphatic heterocycles. The quantitative estimate of drug-likeness (QED) is 0.754. The summed E-state index contributed by atoms with van der Waals surface area (Å²) in [5.74, 6) is 1.27. The Kier molecular flexibility index (Phi) is 3.06. The molecule has 1 aromatic rings. The number of carbonyl (C=O) groups excluding carboxylic acids is 1. The average Bonchev–Trinajstić information content (AvgIpc) is 2.88. The van der Waals surface area contributed by atoms with Crippen molar-refractivity contribution in [1.29, 1.82) is 0 Å². The monoisotopic (exact) mass is 209 g/mol. The van der Waals surface area contributed by atoms with Crippen molar-refractivity contribution in [2.75, 3.05) is 13.7 Å². The molecule has 4 heteroatoms. The second kappa shape index (κ2) is 4.49. The predicted octanol–water partition coefficient (Wildman–Crippen LogP) is 0.973. The van der Waals surface area contributed by atoms with Gasteiger partial charge < -0.3 is 14.5 Å². The molecule has 0 radical (unpaired) electrons. The van der Waals surface area contributed by atoms with Crippen LogP contribution in [-0.4, -0.2) is 25.7 Å². The highest BCUT2D eigenvalue weighted by Gasteiger charge is 2.30. The molecule has 0 saturated carbocycles. The lowest BCUT2D eigenvalue weighted by Crippen LogP contribution is -2.31. The highest BCUT2D eigenvalue weighted by molar-refractivity contribution is 5.76. The lowest BCUT2D eigenvalue weighted by atomic mass is 10.0. The normalized spacial score (nSPS) is 25.4. The van der Waals surface area contributed by atoms with Gasteiger partial charge in [0, 0.05) is 6.42 Å². The second-order valence-electron chi connectivity index (χ2n) is 3.87. The van der Waals surface area contributed by atoms with Gasteiger partial charge >= 0.3 is 5.97 Å². The van der Waals surface area contributed by atoms with E-state index in [1.807, 2.05) is 12.1 Å². The minimum absolute atomic E-state index is 0.144. The van der Waals surface area contributed by atoms with Crippen LogP contribution in [0.3, 0.4) is 0 Å². The standard InChI is InChI=1S/C11H15NO3/c1-14-11(13)10-6-8(7-12-10)5-9-3-2-4-15-9/h2-4,8,10,12H,5-7H2,1H3. The number of hydrogen-bond donors (Lipinski definition) is 1. The van der Waals surface area contributed by atoms with Crippen LogP contribution >= 0.6 is 0 Å². The van der Waals surface area contributed by atoms with E-state index in [-0.39, 0.29) is 12.0 Å². The fourth-order valence-corrected chi connectivity index (χ4v) is 2.00. The molecule has 1 fully saturated rings. The van der Waals surface area contributed by atoms with E-state index in [1.165, 1.54) is 7.11 Å². The average molecular weight is 209 g/mol. The van der Waals surface area contributed by atoms with Crippen molar-refractivity contribution in [3.63, 3.8) is 0 Å². The van der Waals surface area contributed by atoms with E-state index in [9.17, 15) is 4.79 Å². The van der Waals surface area contributed by atoms with Gasteiger partial charge in [-0.05, 0) is 31.0 Å². The van der Waals surface area contributed by atoms with Gasteiger partial charge in [-0.1, -0.05) is 0 Å². The summed E-state index contributed by atoms with van der Waals surface area (Å²) >= 11 is 0. The first-order valence-corrected chi connectivity index (χ1v) is 5.13. The van der Waals surface area contributed by atoms with Crippen LogP contribution in [0.1, 0.15) is 12.2 Å². The minimum atomic E-state index is -0.169.